The lowest BCUT2D eigenvalue weighted by molar-refractivity contribution is 0.414. The van der Waals surface area contributed by atoms with Crippen molar-refractivity contribution in [3.8, 4) is 11.5 Å². The van der Waals surface area contributed by atoms with Gasteiger partial charge in [-0.2, -0.15) is 0 Å². The molecule has 0 saturated heterocycles. The number of nitrogens with two attached hydrogens (primary N) is 1. The molecule has 1 aliphatic heterocycles. The molecule has 142 valence electrons. The molecule has 27 heavy (non-hydrogen) atoms. The van der Waals surface area contributed by atoms with Gasteiger partial charge in [-0.15, -0.1) is 23.5 Å². The first-order chi connectivity index (χ1) is 13.2. The number of methoxy groups -OCH3 is 2. The highest BCUT2D eigenvalue weighted by molar-refractivity contribution is 8.00. The molecule has 1 heterocycles. The summed E-state index contributed by atoms with van der Waals surface area (Å²) in [7, 11) is 3.34. The molecule has 2 unspecified atom stereocenters. The second-order valence-electron chi connectivity index (χ2n) is 5.91. The Labute approximate surface area is 168 Å². The van der Waals surface area contributed by atoms with Gasteiger partial charge >= 0.3 is 0 Å². The fraction of sp³-hybridized carbons (Fsp3) is 0.300. The van der Waals surface area contributed by atoms with Crippen molar-refractivity contribution in [1.82, 2.24) is 0 Å². The lowest BCUT2D eigenvalue weighted by Gasteiger charge is -2.19. The van der Waals surface area contributed by atoms with Crippen LogP contribution < -0.4 is 15.2 Å². The average molecular weight is 402 g/mol. The van der Waals surface area contributed by atoms with Gasteiger partial charge in [-0.25, -0.2) is 4.99 Å². The third kappa shape index (κ3) is 5.68. The van der Waals surface area contributed by atoms with Gasteiger partial charge in [-0.1, -0.05) is 24.3 Å². The predicted molar refractivity (Wildman–Crippen MR) is 116 cm³/mol. The molecule has 2 aromatic carbocycles. The molecule has 3 rings (SSSR count). The number of nitrogens with zero attached hydrogens (tertiary/aromatic N) is 2. The Bertz CT molecular complexity index is 792. The van der Waals surface area contributed by atoms with Gasteiger partial charge in [-0.05, 0) is 35.4 Å². The number of benzene rings is 2. The highest BCUT2D eigenvalue weighted by Crippen LogP contribution is 2.26. The van der Waals surface area contributed by atoms with Crippen LogP contribution in [0.25, 0.3) is 0 Å². The maximum atomic E-state index is 6.15. The Morgan fingerprint density at radius 1 is 0.852 bits per heavy atom. The van der Waals surface area contributed by atoms with Crippen LogP contribution in [0, 0.1) is 0 Å². The van der Waals surface area contributed by atoms with E-state index >= 15 is 0 Å². The summed E-state index contributed by atoms with van der Waals surface area (Å²) in [6.45, 7) is 0. The van der Waals surface area contributed by atoms with Crippen molar-refractivity contribution in [2.75, 3.05) is 14.2 Å². The molecular weight excluding hydrogens is 378 g/mol. The van der Waals surface area contributed by atoms with E-state index in [4.69, 9.17) is 15.2 Å². The minimum Gasteiger partial charge on any atom is -0.497 e. The summed E-state index contributed by atoms with van der Waals surface area (Å²) in [6.07, 6.45) is 1.90. The number of amidine groups is 1. The SMILES string of the molecule is COc1ccc(CSC2C=NC(SCc3ccc(OC)cc3)C(N)=N2)cc1. The number of ether oxygens (including phenoxy) is 2. The third-order valence-corrected chi connectivity index (χ3v) is 6.27. The van der Waals surface area contributed by atoms with Gasteiger partial charge in [-0.3, -0.25) is 4.99 Å². The maximum absolute atomic E-state index is 6.15. The van der Waals surface area contributed by atoms with Crippen LogP contribution in [0.1, 0.15) is 11.1 Å². The Hall–Kier alpha value is -2.12. The summed E-state index contributed by atoms with van der Waals surface area (Å²) in [5.41, 5.74) is 8.58. The molecular formula is C20H23N3O2S2. The van der Waals surface area contributed by atoms with Crippen LogP contribution in [-0.4, -0.2) is 37.0 Å². The first-order valence-corrected chi connectivity index (χ1v) is 10.6. The van der Waals surface area contributed by atoms with Crippen LogP contribution in [0.4, 0.5) is 0 Å². The zero-order valence-corrected chi connectivity index (χ0v) is 17.0. The average Bonchev–Trinajstić information content (AvgIpc) is 2.72. The molecule has 0 aliphatic carbocycles. The van der Waals surface area contributed by atoms with E-state index in [1.165, 1.54) is 11.1 Å². The minimum absolute atomic E-state index is 0.0371. The number of hydrogen-bond acceptors (Lipinski definition) is 7. The zero-order valence-electron chi connectivity index (χ0n) is 15.4. The predicted octanol–water partition coefficient (Wildman–Crippen LogP) is 3.96. The van der Waals surface area contributed by atoms with Gasteiger partial charge in [0.2, 0.25) is 0 Å². The second kappa shape index (κ2) is 9.71. The van der Waals surface area contributed by atoms with Crippen LogP contribution >= 0.6 is 23.5 Å². The number of hydrogen-bond donors (Lipinski definition) is 1. The summed E-state index contributed by atoms with van der Waals surface area (Å²) in [5, 5.41) is -0.158. The van der Waals surface area contributed by atoms with E-state index in [0.717, 1.165) is 23.0 Å². The molecule has 0 aromatic heterocycles. The Kier molecular flexibility index (Phi) is 7.06. The monoisotopic (exact) mass is 401 g/mol. The lowest BCUT2D eigenvalue weighted by atomic mass is 10.2. The van der Waals surface area contributed by atoms with E-state index < -0.39 is 0 Å². The first-order valence-electron chi connectivity index (χ1n) is 8.53. The molecule has 7 heteroatoms. The highest BCUT2D eigenvalue weighted by atomic mass is 32.2. The fourth-order valence-electron chi connectivity index (χ4n) is 2.48. The molecule has 2 atom stereocenters. The van der Waals surface area contributed by atoms with Crippen molar-refractivity contribution in [2.24, 2.45) is 15.7 Å². The van der Waals surface area contributed by atoms with Crippen molar-refractivity contribution in [2.45, 2.75) is 22.3 Å². The van der Waals surface area contributed by atoms with Crippen molar-refractivity contribution in [1.29, 1.82) is 0 Å². The van der Waals surface area contributed by atoms with Gasteiger partial charge in [0.05, 0.1) is 14.2 Å². The van der Waals surface area contributed by atoms with Crippen LogP contribution in [0.2, 0.25) is 0 Å². The Morgan fingerprint density at radius 2 is 1.37 bits per heavy atom. The largest absolute Gasteiger partial charge is 0.497 e. The first kappa shape index (κ1) is 19.6. The van der Waals surface area contributed by atoms with Crippen molar-refractivity contribution >= 4 is 35.6 Å². The normalized spacial score (nSPS) is 18.8. The summed E-state index contributed by atoms with van der Waals surface area (Å²) >= 11 is 3.38. The van der Waals surface area contributed by atoms with E-state index in [2.05, 4.69) is 34.3 Å². The standard InChI is InChI=1S/C20H23N3O2S2/c1-24-16-7-3-14(4-8-16)12-26-18-11-22-20(19(21)23-18)27-13-15-5-9-17(25-2)10-6-15/h3-11,18,20H,12-13H2,1-2H3,(H2,21,23). The van der Waals surface area contributed by atoms with Crippen molar-refractivity contribution in [3.63, 3.8) is 0 Å². The molecule has 0 fully saturated rings. The van der Waals surface area contributed by atoms with Crippen LogP contribution in [-0.2, 0) is 11.5 Å². The summed E-state index contributed by atoms with van der Waals surface area (Å²) in [6, 6.07) is 16.1. The Morgan fingerprint density at radius 3 is 1.85 bits per heavy atom. The quantitative estimate of drug-likeness (QED) is 0.725. The lowest BCUT2D eigenvalue weighted by Crippen LogP contribution is -2.30. The van der Waals surface area contributed by atoms with Crippen LogP contribution in [0.3, 0.4) is 0 Å². The van der Waals surface area contributed by atoms with E-state index in [1.54, 1.807) is 37.7 Å². The molecule has 2 N–H and O–H groups in total. The topological polar surface area (TPSA) is 69.2 Å². The molecule has 0 radical (unpaired) electrons. The van der Waals surface area contributed by atoms with Gasteiger partial charge in [0.15, 0.2) is 5.37 Å². The van der Waals surface area contributed by atoms with Crippen LogP contribution in [0.15, 0.2) is 58.5 Å². The molecule has 0 spiro atoms. The summed E-state index contributed by atoms with van der Waals surface area (Å²) < 4.78 is 10.4. The molecule has 0 saturated carbocycles. The molecule has 1 aliphatic rings. The van der Waals surface area contributed by atoms with E-state index in [9.17, 15) is 0 Å². The van der Waals surface area contributed by atoms with Crippen LogP contribution in [0.5, 0.6) is 11.5 Å². The van der Waals surface area contributed by atoms with E-state index in [-0.39, 0.29) is 10.7 Å². The zero-order chi connectivity index (χ0) is 19.1. The van der Waals surface area contributed by atoms with Crippen molar-refractivity contribution < 1.29 is 9.47 Å². The van der Waals surface area contributed by atoms with Gasteiger partial charge in [0, 0.05) is 17.7 Å². The third-order valence-electron chi connectivity index (χ3n) is 4.03. The minimum atomic E-state index is -0.120. The Balaban J connectivity index is 1.48. The molecule has 0 amide bonds. The number of aliphatic imine (C=N–C) groups is 2. The van der Waals surface area contributed by atoms with E-state index in [1.807, 2.05) is 30.5 Å². The summed E-state index contributed by atoms with van der Waals surface area (Å²) in [5.74, 6) is 3.98. The maximum Gasteiger partial charge on any atom is 0.152 e. The van der Waals surface area contributed by atoms with Gasteiger partial charge in [0.25, 0.3) is 0 Å². The van der Waals surface area contributed by atoms with Gasteiger partial charge < -0.3 is 15.2 Å². The van der Waals surface area contributed by atoms with Gasteiger partial charge in [0.1, 0.15) is 22.7 Å². The second-order valence-corrected chi connectivity index (χ2v) is 8.09. The van der Waals surface area contributed by atoms with Crippen molar-refractivity contribution in [3.05, 3.63) is 59.7 Å². The molecule has 5 nitrogen and oxygen atoms in total. The molecule has 0 bridgehead atoms. The highest BCUT2D eigenvalue weighted by Gasteiger charge is 2.19. The number of thioether (sulfide) groups is 2. The summed E-state index contributed by atoms with van der Waals surface area (Å²) in [4.78, 5) is 9.19. The van der Waals surface area contributed by atoms with E-state index in [0.29, 0.717) is 5.84 Å². The molecule has 2 aromatic rings. The smallest absolute Gasteiger partial charge is 0.152 e. The number of rotatable bonds is 8. The fourth-order valence-corrected chi connectivity index (χ4v) is 4.32.